The van der Waals surface area contributed by atoms with E-state index in [0.29, 0.717) is 0 Å². The molecule has 0 saturated carbocycles. The highest BCUT2D eigenvalue weighted by atomic mass is 28.4. The molecule has 0 aliphatic carbocycles. The Labute approximate surface area is 96.5 Å². The monoisotopic (exact) mass is 266 g/mol. The van der Waals surface area contributed by atoms with Gasteiger partial charge in [0.25, 0.3) is 0 Å². The molecule has 0 aromatic rings. The van der Waals surface area contributed by atoms with Gasteiger partial charge in [0, 0.05) is 0 Å². The lowest BCUT2D eigenvalue weighted by atomic mass is 10.6. The summed E-state index contributed by atoms with van der Waals surface area (Å²) in [6, 6.07) is 2.69. The normalized spacial score (nSPS) is 14.1. The molecule has 0 aliphatic heterocycles. The summed E-state index contributed by atoms with van der Waals surface area (Å²) in [7, 11) is -2.33. The first kappa shape index (κ1) is 14.8. The summed E-state index contributed by atoms with van der Waals surface area (Å²) in [5.74, 6) is 0. The highest BCUT2D eigenvalue weighted by Crippen LogP contribution is 2.14. The summed E-state index contributed by atoms with van der Waals surface area (Å²) < 4.78 is 11.7. The van der Waals surface area contributed by atoms with Gasteiger partial charge in [-0.2, -0.15) is 0 Å². The second-order valence-electron chi connectivity index (χ2n) is 4.57. The molecule has 0 fully saturated rings. The molecule has 0 aliphatic rings. The van der Waals surface area contributed by atoms with Crippen LogP contribution in [0.1, 0.15) is 6.42 Å². The molecule has 0 saturated heterocycles. The van der Waals surface area contributed by atoms with Crippen LogP contribution in [0.25, 0.3) is 0 Å². The van der Waals surface area contributed by atoms with Crippen molar-refractivity contribution in [2.45, 2.75) is 51.2 Å². The van der Waals surface area contributed by atoms with Crippen LogP contribution in [0.3, 0.4) is 0 Å². The summed E-state index contributed by atoms with van der Waals surface area (Å²) in [6.45, 7) is 11.5. The maximum absolute atomic E-state index is 5.92. The highest BCUT2D eigenvalue weighted by molar-refractivity contribution is 6.75. The van der Waals surface area contributed by atoms with Crippen LogP contribution in [-0.2, 0) is 8.23 Å². The minimum absolute atomic E-state index is 0.179. The van der Waals surface area contributed by atoms with Gasteiger partial charge in [0.2, 0.25) is 0 Å². The van der Waals surface area contributed by atoms with Crippen molar-refractivity contribution in [2.24, 2.45) is 0 Å². The molecule has 0 aromatic carbocycles. The lowest BCUT2D eigenvalue weighted by Gasteiger charge is -2.22. The molecule has 86 valence electrons. The Morgan fingerprint density at radius 2 is 1.93 bits per heavy atom. The second-order valence-corrected chi connectivity index (χ2v) is 14.9. The zero-order valence-electron chi connectivity index (χ0n) is 10.4. The summed E-state index contributed by atoms with van der Waals surface area (Å²) >= 11 is 0. The largest absolute Gasteiger partial charge is 0.463 e. The first-order valence-electron chi connectivity index (χ1n) is 5.73. The van der Waals surface area contributed by atoms with E-state index in [1.165, 1.54) is 18.5 Å². The fraction of sp³-hybridized carbons (Fsp3) is 1.00. The van der Waals surface area contributed by atoms with Crippen LogP contribution in [-0.4, -0.2) is 36.9 Å². The van der Waals surface area contributed by atoms with Gasteiger partial charge in [-0.1, -0.05) is 13.0 Å². The van der Waals surface area contributed by atoms with E-state index in [1.54, 1.807) is 0 Å². The Morgan fingerprint density at radius 1 is 1.29 bits per heavy atom. The molecule has 0 heterocycles. The van der Waals surface area contributed by atoms with E-state index >= 15 is 0 Å². The predicted molar refractivity (Wildman–Crippen MR) is 75.7 cm³/mol. The van der Waals surface area contributed by atoms with Crippen molar-refractivity contribution in [2.75, 3.05) is 0 Å². The Kier molecular flexibility index (Phi) is 8.45. The minimum atomic E-state index is -1.24. The smallest absolute Gasteiger partial charge is 0.172 e. The number of rotatable bonds is 8. The lowest BCUT2D eigenvalue weighted by Crippen LogP contribution is -2.31. The first-order chi connectivity index (χ1) is 6.48. The van der Waals surface area contributed by atoms with Gasteiger partial charge in [-0.15, -0.1) is 0 Å². The Balaban J connectivity index is 3.34. The maximum Gasteiger partial charge on any atom is 0.172 e. The van der Waals surface area contributed by atoms with Crippen molar-refractivity contribution >= 4 is 36.9 Å². The van der Waals surface area contributed by atoms with Crippen LogP contribution >= 0.6 is 0 Å². The molecule has 0 aromatic heterocycles. The van der Waals surface area contributed by atoms with Gasteiger partial charge >= 0.3 is 0 Å². The Hall–Kier alpha value is 0.788. The van der Waals surface area contributed by atoms with Crippen molar-refractivity contribution < 1.29 is 8.23 Å². The third-order valence-electron chi connectivity index (χ3n) is 2.16. The topological polar surface area (TPSA) is 18.5 Å². The van der Waals surface area contributed by atoms with Crippen molar-refractivity contribution in [1.82, 2.24) is 0 Å². The van der Waals surface area contributed by atoms with E-state index in [-0.39, 0.29) is 19.5 Å². The van der Waals surface area contributed by atoms with Crippen LogP contribution in [0.15, 0.2) is 0 Å². The fourth-order valence-electron chi connectivity index (χ4n) is 1.43. The molecular weight excluding hydrogens is 240 g/mol. The summed E-state index contributed by atoms with van der Waals surface area (Å²) in [5, 5.41) is 0. The molecular formula is C8H26O2Si4. The lowest BCUT2D eigenvalue weighted by molar-refractivity contribution is 0.583. The zero-order valence-corrected chi connectivity index (χ0v) is 15.4. The predicted octanol–water partition coefficient (Wildman–Crippen LogP) is 1.23. The fourth-order valence-corrected chi connectivity index (χ4v) is 9.75. The molecule has 6 heteroatoms. The summed E-state index contributed by atoms with van der Waals surface area (Å²) in [5.41, 5.74) is 0. The van der Waals surface area contributed by atoms with Gasteiger partial charge in [0.1, 0.15) is 19.5 Å². The first-order valence-corrected chi connectivity index (χ1v) is 15.2. The highest BCUT2D eigenvalue weighted by Gasteiger charge is 2.19. The van der Waals surface area contributed by atoms with E-state index in [0.717, 1.165) is 0 Å². The molecule has 0 N–H and O–H groups in total. The molecule has 0 unspecified atom stereocenters. The van der Waals surface area contributed by atoms with Gasteiger partial charge in [-0.3, -0.25) is 0 Å². The van der Waals surface area contributed by atoms with Crippen molar-refractivity contribution in [3.63, 3.8) is 0 Å². The molecule has 0 spiro atoms. The molecule has 0 bridgehead atoms. The van der Waals surface area contributed by atoms with E-state index in [2.05, 4.69) is 32.7 Å². The van der Waals surface area contributed by atoms with Gasteiger partial charge in [0.05, 0.1) is 0 Å². The molecule has 14 heavy (non-hydrogen) atoms. The molecule has 0 atom stereocenters. The van der Waals surface area contributed by atoms with Crippen LogP contribution in [0, 0.1) is 0 Å². The van der Waals surface area contributed by atoms with Crippen LogP contribution < -0.4 is 0 Å². The third-order valence-corrected chi connectivity index (χ3v) is 12.4. The minimum Gasteiger partial charge on any atom is -0.463 e. The van der Waals surface area contributed by atoms with Gasteiger partial charge in [-0.05, 0) is 38.3 Å². The van der Waals surface area contributed by atoms with E-state index in [4.69, 9.17) is 8.23 Å². The van der Waals surface area contributed by atoms with Gasteiger partial charge in [0.15, 0.2) is 17.4 Å². The average molecular weight is 267 g/mol. The molecule has 0 rings (SSSR count). The van der Waals surface area contributed by atoms with Crippen LogP contribution in [0.5, 0.6) is 0 Å². The Bertz CT molecular complexity index is 141. The summed E-state index contributed by atoms with van der Waals surface area (Å²) in [6.07, 6.45) is 1.35. The van der Waals surface area contributed by atoms with E-state index in [1.807, 2.05) is 0 Å². The van der Waals surface area contributed by atoms with Gasteiger partial charge < -0.3 is 8.23 Å². The zero-order chi connectivity index (χ0) is 11.0. The van der Waals surface area contributed by atoms with Crippen LogP contribution in [0.4, 0.5) is 0 Å². The average Bonchev–Trinajstić information content (AvgIpc) is 2.02. The van der Waals surface area contributed by atoms with Crippen molar-refractivity contribution in [3.8, 4) is 0 Å². The van der Waals surface area contributed by atoms with Crippen molar-refractivity contribution in [1.29, 1.82) is 0 Å². The maximum atomic E-state index is 5.92. The standard InChI is InChI=1S/C8H26O2Si4/c1-11-10-14(4,5)8-6-7-12-9-13(2)3/h13H,6-8,11-12H2,1-5H3. The second kappa shape index (κ2) is 8.00. The molecule has 0 radical (unpaired) electrons. The molecule has 2 nitrogen and oxygen atoms in total. The number of hydrogen-bond acceptors (Lipinski definition) is 2. The summed E-state index contributed by atoms with van der Waals surface area (Å²) in [4.78, 5) is 0. The van der Waals surface area contributed by atoms with Crippen LogP contribution in [0.2, 0.25) is 44.8 Å². The number of hydrogen-bond donors (Lipinski definition) is 0. The van der Waals surface area contributed by atoms with E-state index < -0.39 is 17.4 Å². The SMILES string of the molecule is C[SiH2]O[Si](C)(C)CCC[SiH2]O[SiH](C)C. The van der Waals surface area contributed by atoms with Crippen molar-refractivity contribution in [3.05, 3.63) is 0 Å². The third kappa shape index (κ3) is 9.35. The Morgan fingerprint density at radius 3 is 2.43 bits per heavy atom. The van der Waals surface area contributed by atoms with Gasteiger partial charge in [-0.25, -0.2) is 0 Å². The quantitative estimate of drug-likeness (QED) is 0.486. The van der Waals surface area contributed by atoms with E-state index in [9.17, 15) is 0 Å². The molecule has 0 amide bonds.